The molecule has 0 nitrogen and oxygen atoms in total. The Morgan fingerprint density at radius 3 is 1.50 bits per heavy atom. The summed E-state index contributed by atoms with van der Waals surface area (Å²) >= 11 is 0. The molecule has 0 saturated carbocycles. The van der Waals surface area contributed by atoms with Crippen molar-refractivity contribution in [2.75, 3.05) is 0 Å². The van der Waals surface area contributed by atoms with Gasteiger partial charge in [0.05, 0.1) is 0 Å². The van der Waals surface area contributed by atoms with Gasteiger partial charge in [-0.1, -0.05) is 41.2 Å². The molecule has 0 amide bonds. The van der Waals surface area contributed by atoms with Gasteiger partial charge in [0, 0.05) is 0 Å². The van der Waals surface area contributed by atoms with Crippen molar-refractivity contribution in [1.82, 2.24) is 0 Å². The fraction of sp³-hybridized carbons (Fsp3) is 0.538. The monoisotopic (exact) mass is 196 g/mol. The smallest absolute Gasteiger partial charge is 0.123 e. The van der Waals surface area contributed by atoms with E-state index in [4.69, 9.17) is 0 Å². The lowest BCUT2D eigenvalue weighted by atomic mass is 9.96. The van der Waals surface area contributed by atoms with Gasteiger partial charge in [0.25, 0.3) is 0 Å². The first kappa shape index (κ1) is 13.2. The van der Waals surface area contributed by atoms with Crippen LogP contribution in [0.4, 0.5) is 4.39 Å². The van der Waals surface area contributed by atoms with E-state index in [1.54, 1.807) is 12.1 Å². The first-order chi connectivity index (χ1) is 6.00. The Hall–Kier alpha value is -0.850. The second kappa shape index (κ2) is 5.14. The summed E-state index contributed by atoms with van der Waals surface area (Å²) in [5.41, 5.74) is 2.17. The SMILES string of the molecule is C.CC(C)c1cc(F)cc(C(C)C)c1. The fourth-order valence-electron chi connectivity index (χ4n) is 1.30. The van der Waals surface area contributed by atoms with Crippen LogP contribution in [0, 0.1) is 5.82 Å². The Labute approximate surface area is 87.2 Å². The highest BCUT2D eigenvalue weighted by atomic mass is 19.1. The molecule has 1 aromatic carbocycles. The van der Waals surface area contributed by atoms with Crippen molar-refractivity contribution in [3.05, 3.63) is 35.1 Å². The molecular weight excluding hydrogens is 175 g/mol. The van der Waals surface area contributed by atoms with Crippen molar-refractivity contribution in [2.45, 2.75) is 47.0 Å². The topological polar surface area (TPSA) is 0 Å². The predicted octanol–water partition coefficient (Wildman–Crippen LogP) is 4.71. The van der Waals surface area contributed by atoms with E-state index in [0.29, 0.717) is 11.8 Å². The Bertz CT molecular complexity index is 261. The zero-order valence-corrected chi connectivity index (χ0v) is 8.76. The molecule has 1 aromatic rings. The number of rotatable bonds is 2. The van der Waals surface area contributed by atoms with Gasteiger partial charge in [-0.15, -0.1) is 0 Å². The first-order valence-corrected chi connectivity index (χ1v) is 4.81. The Morgan fingerprint density at radius 2 is 1.21 bits per heavy atom. The zero-order chi connectivity index (χ0) is 10.0. The van der Waals surface area contributed by atoms with Gasteiger partial charge in [0.1, 0.15) is 5.82 Å². The summed E-state index contributed by atoms with van der Waals surface area (Å²) in [6, 6.07) is 5.34. The van der Waals surface area contributed by atoms with E-state index >= 15 is 0 Å². The van der Waals surface area contributed by atoms with Crippen LogP contribution in [0.1, 0.15) is 58.1 Å². The van der Waals surface area contributed by atoms with Crippen molar-refractivity contribution >= 4 is 0 Å². The molecule has 0 aliphatic heterocycles. The molecule has 0 atom stereocenters. The summed E-state index contributed by atoms with van der Waals surface area (Å²) in [6.07, 6.45) is 0. The molecule has 0 aliphatic rings. The molecule has 0 spiro atoms. The molecule has 0 aromatic heterocycles. The van der Waals surface area contributed by atoms with E-state index < -0.39 is 0 Å². The highest BCUT2D eigenvalue weighted by Crippen LogP contribution is 2.22. The molecule has 0 heterocycles. The van der Waals surface area contributed by atoms with Gasteiger partial charge in [-0.25, -0.2) is 4.39 Å². The summed E-state index contributed by atoms with van der Waals surface area (Å²) in [7, 11) is 0. The van der Waals surface area contributed by atoms with Crippen molar-refractivity contribution in [1.29, 1.82) is 0 Å². The van der Waals surface area contributed by atoms with Crippen LogP contribution in [0.25, 0.3) is 0 Å². The molecule has 1 heteroatoms. The van der Waals surface area contributed by atoms with Crippen LogP contribution in [0.15, 0.2) is 18.2 Å². The predicted molar refractivity (Wildman–Crippen MR) is 61.3 cm³/mol. The number of hydrogen-bond acceptors (Lipinski definition) is 0. The third-order valence-corrected chi connectivity index (χ3v) is 2.28. The van der Waals surface area contributed by atoms with E-state index in [0.717, 1.165) is 11.1 Å². The lowest BCUT2D eigenvalue weighted by Gasteiger charge is -2.11. The molecule has 0 saturated heterocycles. The maximum absolute atomic E-state index is 13.1. The molecular formula is C13H21F. The maximum atomic E-state index is 13.1. The van der Waals surface area contributed by atoms with Crippen LogP contribution in [0.3, 0.4) is 0 Å². The fourth-order valence-corrected chi connectivity index (χ4v) is 1.30. The van der Waals surface area contributed by atoms with Crippen LogP contribution >= 0.6 is 0 Å². The van der Waals surface area contributed by atoms with Gasteiger partial charge in [-0.05, 0) is 35.1 Å². The van der Waals surface area contributed by atoms with Crippen LogP contribution in [-0.2, 0) is 0 Å². The second-order valence-electron chi connectivity index (χ2n) is 4.13. The molecule has 0 N–H and O–H groups in total. The van der Waals surface area contributed by atoms with E-state index in [1.165, 1.54) is 0 Å². The Kier molecular flexibility index (Phi) is 4.82. The zero-order valence-electron chi connectivity index (χ0n) is 8.76. The number of benzene rings is 1. The largest absolute Gasteiger partial charge is 0.207 e. The van der Waals surface area contributed by atoms with Crippen LogP contribution in [0.5, 0.6) is 0 Å². The molecule has 0 unspecified atom stereocenters. The van der Waals surface area contributed by atoms with Crippen molar-refractivity contribution in [3.63, 3.8) is 0 Å². The lowest BCUT2D eigenvalue weighted by Crippen LogP contribution is -1.94. The second-order valence-corrected chi connectivity index (χ2v) is 4.13. The minimum Gasteiger partial charge on any atom is -0.207 e. The minimum atomic E-state index is -0.116. The standard InChI is InChI=1S/C12H17F.CH4/c1-8(2)10-5-11(9(3)4)7-12(13)6-10;/h5-9H,1-4H3;1H4. The highest BCUT2D eigenvalue weighted by molar-refractivity contribution is 5.28. The van der Waals surface area contributed by atoms with Crippen molar-refractivity contribution in [3.8, 4) is 0 Å². The Balaban J connectivity index is 0.00000169. The molecule has 0 aliphatic carbocycles. The van der Waals surface area contributed by atoms with Crippen LogP contribution in [-0.4, -0.2) is 0 Å². The summed E-state index contributed by atoms with van der Waals surface area (Å²) < 4.78 is 13.1. The molecule has 14 heavy (non-hydrogen) atoms. The van der Waals surface area contributed by atoms with Gasteiger partial charge in [0.2, 0.25) is 0 Å². The third kappa shape index (κ3) is 3.13. The molecule has 0 radical (unpaired) electrons. The molecule has 80 valence electrons. The molecule has 0 bridgehead atoms. The average Bonchev–Trinajstić information content (AvgIpc) is 2.03. The van der Waals surface area contributed by atoms with Gasteiger partial charge in [-0.2, -0.15) is 0 Å². The summed E-state index contributed by atoms with van der Waals surface area (Å²) in [5.74, 6) is 0.677. The number of hydrogen-bond donors (Lipinski definition) is 0. The van der Waals surface area contributed by atoms with Gasteiger partial charge in [-0.3, -0.25) is 0 Å². The van der Waals surface area contributed by atoms with Crippen molar-refractivity contribution in [2.24, 2.45) is 0 Å². The quantitative estimate of drug-likeness (QED) is 0.642. The summed E-state index contributed by atoms with van der Waals surface area (Å²) in [5, 5.41) is 0. The molecule has 0 fully saturated rings. The summed E-state index contributed by atoms with van der Waals surface area (Å²) in [4.78, 5) is 0. The normalized spacial score (nSPS) is 10.5. The van der Waals surface area contributed by atoms with Gasteiger partial charge < -0.3 is 0 Å². The summed E-state index contributed by atoms with van der Waals surface area (Å²) in [6.45, 7) is 8.33. The van der Waals surface area contributed by atoms with E-state index in [9.17, 15) is 4.39 Å². The van der Waals surface area contributed by atoms with E-state index in [-0.39, 0.29) is 13.2 Å². The third-order valence-electron chi connectivity index (χ3n) is 2.28. The first-order valence-electron chi connectivity index (χ1n) is 4.81. The van der Waals surface area contributed by atoms with Crippen molar-refractivity contribution < 1.29 is 4.39 Å². The average molecular weight is 196 g/mol. The Morgan fingerprint density at radius 1 is 0.857 bits per heavy atom. The van der Waals surface area contributed by atoms with E-state index in [1.807, 2.05) is 0 Å². The van der Waals surface area contributed by atoms with Crippen LogP contribution in [0.2, 0.25) is 0 Å². The van der Waals surface area contributed by atoms with Crippen LogP contribution < -0.4 is 0 Å². The lowest BCUT2D eigenvalue weighted by molar-refractivity contribution is 0.618. The maximum Gasteiger partial charge on any atom is 0.123 e. The number of halogens is 1. The highest BCUT2D eigenvalue weighted by Gasteiger charge is 2.06. The minimum absolute atomic E-state index is 0. The van der Waals surface area contributed by atoms with E-state index in [2.05, 4.69) is 33.8 Å². The molecule has 1 rings (SSSR count). The van der Waals surface area contributed by atoms with Gasteiger partial charge in [0.15, 0.2) is 0 Å². The van der Waals surface area contributed by atoms with Gasteiger partial charge >= 0.3 is 0 Å².